The van der Waals surface area contributed by atoms with Gasteiger partial charge in [0.1, 0.15) is 5.82 Å². The predicted octanol–water partition coefficient (Wildman–Crippen LogP) is 4.36. The molecule has 1 aliphatic rings. The number of nitrogens with one attached hydrogen (secondary N) is 2. The summed E-state index contributed by atoms with van der Waals surface area (Å²) >= 11 is 5.83. The first-order valence-corrected chi connectivity index (χ1v) is 8.77. The van der Waals surface area contributed by atoms with Crippen LogP contribution in [0.1, 0.15) is 12.8 Å². The van der Waals surface area contributed by atoms with Gasteiger partial charge in [0.2, 0.25) is 5.91 Å². The molecule has 0 unspecified atom stereocenters. The Morgan fingerprint density at radius 1 is 0.923 bits per heavy atom. The third-order valence-corrected chi connectivity index (χ3v) is 4.61. The summed E-state index contributed by atoms with van der Waals surface area (Å²) in [5.74, 6) is -0.614. The first-order valence-electron chi connectivity index (χ1n) is 8.39. The molecule has 7 heteroatoms. The number of rotatable bonds is 3. The van der Waals surface area contributed by atoms with Crippen LogP contribution in [0.2, 0.25) is 5.02 Å². The molecule has 1 saturated heterocycles. The summed E-state index contributed by atoms with van der Waals surface area (Å²) in [6.07, 6.45) is 1.17. The van der Waals surface area contributed by atoms with Gasteiger partial charge in [-0.25, -0.2) is 9.18 Å². The number of likely N-dealkylation sites (tertiary alicyclic amines) is 1. The van der Waals surface area contributed by atoms with Gasteiger partial charge < -0.3 is 15.5 Å². The molecular weight excluding hydrogens is 357 g/mol. The van der Waals surface area contributed by atoms with Crippen molar-refractivity contribution in [2.45, 2.75) is 12.8 Å². The maximum Gasteiger partial charge on any atom is 0.321 e. The van der Waals surface area contributed by atoms with Gasteiger partial charge in [-0.05, 0) is 61.4 Å². The molecule has 2 N–H and O–H groups in total. The number of benzene rings is 2. The van der Waals surface area contributed by atoms with E-state index in [9.17, 15) is 14.0 Å². The van der Waals surface area contributed by atoms with E-state index in [1.54, 1.807) is 29.2 Å². The zero-order valence-electron chi connectivity index (χ0n) is 14.0. The van der Waals surface area contributed by atoms with Crippen molar-refractivity contribution in [2.24, 2.45) is 5.92 Å². The topological polar surface area (TPSA) is 61.4 Å². The van der Waals surface area contributed by atoms with Crippen molar-refractivity contribution >= 4 is 34.9 Å². The molecule has 0 aromatic heterocycles. The zero-order valence-corrected chi connectivity index (χ0v) is 14.8. The molecule has 5 nitrogen and oxygen atoms in total. The number of halogens is 2. The van der Waals surface area contributed by atoms with Gasteiger partial charge in [0.05, 0.1) is 0 Å². The summed E-state index contributed by atoms with van der Waals surface area (Å²) in [5, 5.41) is 6.22. The number of urea groups is 1. The van der Waals surface area contributed by atoms with Gasteiger partial charge in [-0.2, -0.15) is 0 Å². The Labute approximate surface area is 156 Å². The molecule has 0 aliphatic carbocycles. The summed E-state index contributed by atoms with van der Waals surface area (Å²) < 4.78 is 12.9. The number of carbonyl (C=O) groups excluding carboxylic acids is 2. The maximum atomic E-state index is 12.9. The van der Waals surface area contributed by atoms with Crippen molar-refractivity contribution in [1.29, 1.82) is 0 Å². The molecule has 26 heavy (non-hydrogen) atoms. The molecule has 3 rings (SSSR count). The Bertz CT molecular complexity index is 705. The highest BCUT2D eigenvalue weighted by atomic mass is 35.5. The molecule has 1 fully saturated rings. The van der Waals surface area contributed by atoms with Crippen LogP contribution >= 0.6 is 11.6 Å². The van der Waals surface area contributed by atoms with Crippen molar-refractivity contribution in [3.63, 3.8) is 0 Å². The largest absolute Gasteiger partial charge is 0.326 e. The molecule has 1 aliphatic heterocycles. The van der Waals surface area contributed by atoms with E-state index in [0.717, 1.165) is 0 Å². The minimum Gasteiger partial charge on any atom is -0.326 e. The molecule has 0 radical (unpaired) electrons. The SMILES string of the molecule is O=C(Nc1ccc(F)cc1)C1CCN(C(=O)Nc2ccc(Cl)cc2)CC1. The maximum absolute atomic E-state index is 12.9. The molecule has 3 amide bonds. The first kappa shape index (κ1) is 18.2. The summed E-state index contributed by atoms with van der Waals surface area (Å²) in [6, 6.07) is 12.4. The van der Waals surface area contributed by atoms with Gasteiger partial charge in [-0.1, -0.05) is 11.6 Å². The number of anilines is 2. The molecular formula is C19H19ClFN3O2. The first-order chi connectivity index (χ1) is 12.5. The fourth-order valence-electron chi connectivity index (χ4n) is 2.86. The second-order valence-corrected chi connectivity index (χ2v) is 6.63. The monoisotopic (exact) mass is 375 g/mol. The van der Waals surface area contributed by atoms with E-state index in [1.807, 2.05) is 0 Å². The van der Waals surface area contributed by atoms with E-state index >= 15 is 0 Å². The fourth-order valence-corrected chi connectivity index (χ4v) is 2.98. The number of nitrogens with zero attached hydrogens (tertiary/aromatic N) is 1. The van der Waals surface area contributed by atoms with Crippen molar-refractivity contribution in [3.05, 3.63) is 59.4 Å². The average molecular weight is 376 g/mol. The van der Waals surface area contributed by atoms with Crippen molar-refractivity contribution in [2.75, 3.05) is 23.7 Å². The Morgan fingerprint density at radius 2 is 1.46 bits per heavy atom. The third-order valence-electron chi connectivity index (χ3n) is 4.36. The Kier molecular flexibility index (Phi) is 5.73. The number of piperidine rings is 1. The average Bonchev–Trinajstić information content (AvgIpc) is 2.65. The van der Waals surface area contributed by atoms with E-state index < -0.39 is 0 Å². The van der Waals surface area contributed by atoms with E-state index in [2.05, 4.69) is 10.6 Å². The van der Waals surface area contributed by atoms with E-state index in [4.69, 9.17) is 11.6 Å². The Balaban J connectivity index is 1.48. The molecule has 0 atom stereocenters. The highest BCUT2D eigenvalue weighted by Gasteiger charge is 2.27. The molecule has 1 heterocycles. The molecule has 0 bridgehead atoms. The number of hydrogen-bond donors (Lipinski definition) is 2. The van der Waals surface area contributed by atoms with E-state index in [1.165, 1.54) is 24.3 Å². The third kappa shape index (κ3) is 4.73. The number of amides is 3. The van der Waals surface area contributed by atoms with Gasteiger partial charge in [0.25, 0.3) is 0 Å². The Morgan fingerprint density at radius 3 is 2.08 bits per heavy atom. The molecule has 0 spiro atoms. The van der Waals surface area contributed by atoms with Crippen molar-refractivity contribution in [1.82, 2.24) is 4.90 Å². The van der Waals surface area contributed by atoms with Gasteiger partial charge in [-0.3, -0.25) is 4.79 Å². The van der Waals surface area contributed by atoms with Crippen LogP contribution in [0.4, 0.5) is 20.6 Å². The second-order valence-electron chi connectivity index (χ2n) is 6.19. The normalized spacial score (nSPS) is 14.8. The van der Waals surface area contributed by atoms with Crippen LogP contribution in [0.3, 0.4) is 0 Å². The summed E-state index contributed by atoms with van der Waals surface area (Å²) in [7, 11) is 0. The van der Waals surface area contributed by atoms with Gasteiger partial charge >= 0.3 is 6.03 Å². The zero-order chi connectivity index (χ0) is 18.5. The molecule has 2 aromatic rings. The van der Waals surface area contributed by atoms with Crippen LogP contribution in [0.25, 0.3) is 0 Å². The van der Waals surface area contributed by atoms with Crippen molar-refractivity contribution in [3.8, 4) is 0 Å². The highest BCUT2D eigenvalue weighted by molar-refractivity contribution is 6.30. The Hall–Kier alpha value is -2.60. The van der Waals surface area contributed by atoms with E-state index in [-0.39, 0.29) is 23.7 Å². The molecule has 0 saturated carbocycles. The smallest absolute Gasteiger partial charge is 0.321 e. The number of carbonyl (C=O) groups is 2. The quantitative estimate of drug-likeness (QED) is 0.837. The van der Waals surface area contributed by atoms with Crippen molar-refractivity contribution < 1.29 is 14.0 Å². The van der Waals surface area contributed by atoms with Gasteiger partial charge in [0, 0.05) is 35.4 Å². The van der Waals surface area contributed by atoms with E-state index in [0.29, 0.717) is 42.3 Å². The van der Waals surface area contributed by atoms with Gasteiger partial charge in [0.15, 0.2) is 0 Å². The van der Waals surface area contributed by atoms with Crippen LogP contribution in [0.5, 0.6) is 0 Å². The van der Waals surface area contributed by atoms with Crippen LogP contribution in [-0.2, 0) is 4.79 Å². The standard InChI is InChI=1S/C19H19ClFN3O2/c20-14-1-5-17(6-2-14)23-19(26)24-11-9-13(10-12-24)18(25)22-16-7-3-15(21)4-8-16/h1-8,13H,9-12H2,(H,22,25)(H,23,26). The lowest BCUT2D eigenvalue weighted by Gasteiger charge is -2.31. The minimum atomic E-state index is -0.344. The second kappa shape index (κ2) is 8.19. The van der Waals surface area contributed by atoms with Gasteiger partial charge in [-0.15, -0.1) is 0 Å². The lowest BCUT2D eigenvalue weighted by atomic mass is 9.96. The molecule has 136 valence electrons. The summed E-state index contributed by atoms with van der Waals surface area (Å²) in [5.41, 5.74) is 1.25. The van der Waals surface area contributed by atoms with Crippen LogP contribution < -0.4 is 10.6 Å². The number of hydrogen-bond acceptors (Lipinski definition) is 2. The summed E-state index contributed by atoms with van der Waals surface area (Å²) in [4.78, 5) is 26.3. The minimum absolute atomic E-state index is 0.102. The fraction of sp³-hybridized carbons (Fsp3) is 0.263. The van der Waals surface area contributed by atoms with Crippen LogP contribution in [-0.4, -0.2) is 29.9 Å². The lowest BCUT2D eigenvalue weighted by Crippen LogP contribution is -2.43. The highest BCUT2D eigenvalue weighted by Crippen LogP contribution is 2.21. The predicted molar refractivity (Wildman–Crippen MR) is 99.8 cm³/mol. The molecule has 2 aromatic carbocycles. The summed E-state index contributed by atoms with van der Waals surface area (Å²) in [6.45, 7) is 1.00. The van der Waals surface area contributed by atoms with Crippen LogP contribution in [0, 0.1) is 11.7 Å². The lowest BCUT2D eigenvalue weighted by molar-refractivity contribution is -0.121. The van der Waals surface area contributed by atoms with Crippen LogP contribution in [0.15, 0.2) is 48.5 Å².